The molecular formula is C23H25FN4O2. The summed E-state index contributed by atoms with van der Waals surface area (Å²) in [6, 6.07) is 8.74. The van der Waals surface area contributed by atoms with E-state index in [1.54, 1.807) is 11.1 Å². The number of fused-ring (bicyclic) bond motifs is 2. The molecule has 7 heteroatoms. The summed E-state index contributed by atoms with van der Waals surface area (Å²) in [5.41, 5.74) is 2.82. The average Bonchev–Trinajstić information content (AvgIpc) is 3.04. The molecule has 2 aliphatic heterocycles. The second-order valence-corrected chi connectivity index (χ2v) is 8.36. The van der Waals surface area contributed by atoms with Gasteiger partial charge in [-0.05, 0) is 25.8 Å². The molecule has 2 N–H and O–H groups in total. The fraction of sp³-hybridized carbons (Fsp3) is 0.435. The largest absolute Gasteiger partial charge is 0.382 e. The Morgan fingerprint density at radius 1 is 1.23 bits per heavy atom. The van der Waals surface area contributed by atoms with Crippen molar-refractivity contribution in [3.63, 3.8) is 0 Å². The second kappa shape index (κ2) is 7.38. The van der Waals surface area contributed by atoms with Gasteiger partial charge in [-0.25, -0.2) is 4.39 Å². The summed E-state index contributed by atoms with van der Waals surface area (Å²) < 4.78 is 14.5. The Hall–Kier alpha value is -2.96. The van der Waals surface area contributed by atoms with Crippen LogP contribution >= 0.6 is 0 Å². The number of carbonyl (C=O) groups is 2. The van der Waals surface area contributed by atoms with E-state index in [2.05, 4.69) is 15.6 Å². The first-order valence-electron chi connectivity index (χ1n) is 10.6. The molecule has 1 aliphatic carbocycles. The Bertz CT molecular complexity index is 1050. The molecule has 6 nitrogen and oxygen atoms in total. The number of hydrogen-bond acceptors (Lipinski definition) is 4. The van der Waals surface area contributed by atoms with Crippen molar-refractivity contribution < 1.29 is 14.0 Å². The van der Waals surface area contributed by atoms with Gasteiger partial charge in [-0.3, -0.25) is 14.6 Å². The van der Waals surface area contributed by atoms with E-state index in [0.29, 0.717) is 12.1 Å². The molecule has 1 aromatic heterocycles. The number of halogens is 1. The van der Waals surface area contributed by atoms with Crippen molar-refractivity contribution in [1.29, 1.82) is 0 Å². The molecule has 2 amide bonds. The fourth-order valence-electron chi connectivity index (χ4n) is 5.23. The Morgan fingerprint density at radius 2 is 2.03 bits per heavy atom. The van der Waals surface area contributed by atoms with Gasteiger partial charge in [0, 0.05) is 28.9 Å². The molecule has 1 aromatic carbocycles. The minimum absolute atomic E-state index is 0.00656. The SMILES string of the molecule is CC(F)C(=O)N1C2CCCC[C@H]2NC2=C(C(=O)NC2)[C@H]1c1cccc2cccnc12. The van der Waals surface area contributed by atoms with Gasteiger partial charge in [0.2, 0.25) is 0 Å². The Morgan fingerprint density at radius 3 is 2.87 bits per heavy atom. The normalized spacial score (nSPS) is 27.1. The van der Waals surface area contributed by atoms with Crippen LogP contribution in [-0.2, 0) is 9.59 Å². The van der Waals surface area contributed by atoms with Gasteiger partial charge in [0.05, 0.1) is 29.7 Å². The summed E-state index contributed by atoms with van der Waals surface area (Å²) in [6.07, 6.45) is 3.76. The highest BCUT2D eigenvalue weighted by molar-refractivity contribution is 6.00. The maximum absolute atomic E-state index is 14.5. The topological polar surface area (TPSA) is 74.3 Å². The molecule has 4 atom stereocenters. The van der Waals surface area contributed by atoms with Crippen molar-refractivity contribution in [2.24, 2.45) is 0 Å². The van der Waals surface area contributed by atoms with E-state index < -0.39 is 18.1 Å². The van der Waals surface area contributed by atoms with Crippen LogP contribution in [0.2, 0.25) is 0 Å². The molecule has 0 spiro atoms. The van der Waals surface area contributed by atoms with Crippen molar-refractivity contribution in [2.45, 2.75) is 56.9 Å². The first-order valence-corrected chi connectivity index (χ1v) is 10.6. The summed E-state index contributed by atoms with van der Waals surface area (Å²) in [5.74, 6) is -0.779. The Kier molecular flexibility index (Phi) is 4.68. The van der Waals surface area contributed by atoms with E-state index in [-0.39, 0.29) is 18.0 Å². The van der Waals surface area contributed by atoms with Crippen LogP contribution in [0.15, 0.2) is 47.8 Å². The van der Waals surface area contributed by atoms with Gasteiger partial charge >= 0.3 is 0 Å². The quantitative estimate of drug-likeness (QED) is 0.801. The number of aromatic nitrogens is 1. The van der Waals surface area contributed by atoms with Crippen LogP contribution in [0, 0.1) is 0 Å². The first kappa shape index (κ1) is 19.0. The van der Waals surface area contributed by atoms with E-state index in [1.807, 2.05) is 30.3 Å². The maximum Gasteiger partial charge on any atom is 0.257 e. The zero-order chi connectivity index (χ0) is 20.8. The summed E-state index contributed by atoms with van der Waals surface area (Å²) in [4.78, 5) is 32.4. The number of para-hydroxylation sites is 1. The molecule has 0 radical (unpaired) electrons. The molecule has 0 saturated heterocycles. The van der Waals surface area contributed by atoms with Gasteiger partial charge in [0.25, 0.3) is 11.8 Å². The maximum atomic E-state index is 14.5. The molecule has 1 saturated carbocycles. The molecule has 156 valence electrons. The lowest BCUT2D eigenvalue weighted by Gasteiger charge is -2.43. The number of amides is 2. The van der Waals surface area contributed by atoms with E-state index in [9.17, 15) is 14.0 Å². The van der Waals surface area contributed by atoms with Crippen molar-refractivity contribution in [2.75, 3.05) is 6.54 Å². The number of hydrogen-bond donors (Lipinski definition) is 2. The van der Waals surface area contributed by atoms with Crippen LogP contribution < -0.4 is 10.6 Å². The Balaban J connectivity index is 1.77. The molecule has 30 heavy (non-hydrogen) atoms. The summed E-state index contributed by atoms with van der Waals surface area (Å²) in [5, 5.41) is 7.36. The number of alkyl halides is 1. The number of pyridine rings is 1. The van der Waals surface area contributed by atoms with E-state index in [4.69, 9.17) is 0 Å². The molecular weight excluding hydrogens is 383 g/mol. The predicted octanol–water partition coefficient (Wildman–Crippen LogP) is 2.76. The van der Waals surface area contributed by atoms with Gasteiger partial charge in [0.1, 0.15) is 0 Å². The summed E-state index contributed by atoms with van der Waals surface area (Å²) in [6.45, 7) is 1.68. The number of nitrogens with zero attached hydrogens (tertiary/aromatic N) is 2. The number of nitrogens with one attached hydrogen (secondary N) is 2. The number of carbonyl (C=O) groups excluding carboxylic acids is 2. The van der Waals surface area contributed by atoms with Crippen molar-refractivity contribution in [1.82, 2.24) is 20.5 Å². The van der Waals surface area contributed by atoms with E-state index in [0.717, 1.165) is 47.8 Å². The first-order chi connectivity index (χ1) is 14.6. The highest BCUT2D eigenvalue weighted by Crippen LogP contribution is 2.42. The Labute approximate surface area is 174 Å². The van der Waals surface area contributed by atoms with E-state index in [1.165, 1.54) is 6.92 Å². The van der Waals surface area contributed by atoms with Crippen LogP contribution in [0.25, 0.3) is 10.9 Å². The zero-order valence-corrected chi connectivity index (χ0v) is 16.9. The molecule has 1 fully saturated rings. The summed E-state index contributed by atoms with van der Waals surface area (Å²) in [7, 11) is 0. The minimum Gasteiger partial charge on any atom is -0.382 e. The van der Waals surface area contributed by atoms with Gasteiger partial charge in [0.15, 0.2) is 6.17 Å². The van der Waals surface area contributed by atoms with Crippen LogP contribution in [0.5, 0.6) is 0 Å². The second-order valence-electron chi connectivity index (χ2n) is 8.36. The highest BCUT2D eigenvalue weighted by atomic mass is 19.1. The molecule has 0 bridgehead atoms. The van der Waals surface area contributed by atoms with Crippen LogP contribution in [-0.4, -0.2) is 46.5 Å². The standard InChI is InChI=1S/C23H25FN4O2/c1-13(24)23(30)28-18-10-3-2-9-16(18)27-17-12-26-22(29)19(17)21(28)15-8-4-6-14-7-5-11-25-20(14)15/h4-8,11,13,16,18,21,27H,2-3,9-10,12H2,1H3,(H,26,29)/t13?,16-,18?,21-/m1/s1. The van der Waals surface area contributed by atoms with Gasteiger partial charge in [-0.1, -0.05) is 37.1 Å². The molecule has 2 aromatic rings. The van der Waals surface area contributed by atoms with Crippen LogP contribution in [0.4, 0.5) is 4.39 Å². The predicted molar refractivity (Wildman–Crippen MR) is 111 cm³/mol. The highest BCUT2D eigenvalue weighted by Gasteiger charge is 2.47. The van der Waals surface area contributed by atoms with Crippen molar-refractivity contribution in [3.8, 4) is 0 Å². The van der Waals surface area contributed by atoms with Crippen LogP contribution in [0.1, 0.15) is 44.2 Å². The van der Waals surface area contributed by atoms with Crippen molar-refractivity contribution >= 4 is 22.7 Å². The van der Waals surface area contributed by atoms with Crippen LogP contribution in [0.3, 0.4) is 0 Å². The van der Waals surface area contributed by atoms with Gasteiger partial charge in [-0.15, -0.1) is 0 Å². The van der Waals surface area contributed by atoms with E-state index >= 15 is 0 Å². The number of benzene rings is 1. The summed E-state index contributed by atoms with van der Waals surface area (Å²) >= 11 is 0. The van der Waals surface area contributed by atoms with Crippen molar-refractivity contribution in [3.05, 3.63) is 53.4 Å². The lowest BCUT2D eigenvalue weighted by molar-refractivity contribution is -0.142. The third-order valence-electron chi connectivity index (χ3n) is 6.55. The lowest BCUT2D eigenvalue weighted by Crippen LogP contribution is -2.55. The molecule has 5 rings (SSSR count). The lowest BCUT2D eigenvalue weighted by atomic mass is 9.86. The molecule has 3 aliphatic rings. The fourth-order valence-corrected chi connectivity index (χ4v) is 5.23. The molecule has 2 unspecified atom stereocenters. The third-order valence-corrected chi connectivity index (χ3v) is 6.55. The molecule has 3 heterocycles. The van der Waals surface area contributed by atoms with Gasteiger partial charge < -0.3 is 15.5 Å². The zero-order valence-electron chi connectivity index (χ0n) is 16.9. The number of rotatable bonds is 2. The monoisotopic (exact) mass is 408 g/mol. The minimum atomic E-state index is -1.65. The average molecular weight is 408 g/mol. The smallest absolute Gasteiger partial charge is 0.257 e. The third kappa shape index (κ3) is 2.95. The van der Waals surface area contributed by atoms with Gasteiger partial charge in [-0.2, -0.15) is 0 Å².